The Bertz CT molecular complexity index is 976. The maximum absolute atomic E-state index is 13.4. The smallest absolute Gasteiger partial charge is 0.278 e. The van der Waals surface area contributed by atoms with Gasteiger partial charge in [0.25, 0.3) is 11.8 Å². The normalized spacial score (nSPS) is 13.9. The number of nitrogens with one attached hydrogen (secondary N) is 1. The number of carbonyl (C=O) groups excluding carboxylic acids is 2. The fourth-order valence-corrected chi connectivity index (χ4v) is 3.33. The van der Waals surface area contributed by atoms with Crippen molar-refractivity contribution in [1.82, 2.24) is 4.90 Å². The summed E-state index contributed by atoms with van der Waals surface area (Å²) in [5, 5.41) is 3.45. The van der Waals surface area contributed by atoms with Gasteiger partial charge >= 0.3 is 0 Å². The van der Waals surface area contributed by atoms with Crippen molar-refractivity contribution in [3.63, 3.8) is 0 Å². The molecular weight excluding hydrogens is 411 g/mol. The number of anilines is 1. The van der Waals surface area contributed by atoms with E-state index in [4.69, 9.17) is 21.1 Å². The van der Waals surface area contributed by atoms with E-state index in [-0.39, 0.29) is 17.8 Å². The third-order valence-electron chi connectivity index (χ3n) is 4.60. The van der Waals surface area contributed by atoms with Crippen LogP contribution in [-0.4, -0.2) is 43.6 Å². The molecule has 1 heterocycles. The molecule has 2 aromatic rings. The van der Waals surface area contributed by atoms with E-state index < -0.39 is 17.6 Å². The van der Waals surface area contributed by atoms with Gasteiger partial charge in [-0.2, -0.15) is 0 Å². The minimum absolute atomic E-state index is 0.0867. The summed E-state index contributed by atoms with van der Waals surface area (Å²) in [6, 6.07) is 10.3. The van der Waals surface area contributed by atoms with E-state index in [0.717, 1.165) is 4.90 Å². The second-order valence-electron chi connectivity index (χ2n) is 6.54. The number of carbonyl (C=O) groups is 2. The van der Waals surface area contributed by atoms with Crippen LogP contribution in [0.1, 0.15) is 18.9 Å². The highest BCUT2D eigenvalue weighted by Crippen LogP contribution is 2.34. The van der Waals surface area contributed by atoms with Crippen molar-refractivity contribution in [2.75, 3.05) is 32.2 Å². The zero-order chi connectivity index (χ0) is 21.7. The Hall–Kier alpha value is -2.90. The molecule has 0 aliphatic carbocycles. The van der Waals surface area contributed by atoms with Crippen molar-refractivity contribution < 1.29 is 23.5 Å². The lowest BCUT2D eigenvalue weighted by Gasteiger charge is -2.16. The van der Waals surface area contributed by atoms with Gasteiger partial charge in [-0.1, -0.05) is 23.7 Å². The Morgan fingerprint density at radius 3 is 2.50 bits per heavy atom. The molecule has 158 valence electrons. The molecular formula is C22H22ClFN2O4. The van der Waals surface area contributed by atoms with Crippen LogP contribution in [-0.2, 0) is 14.3 Å². The number of nitrogens with zero attached hydrogens (tertiary/aromatic N) is 1. The van der Waals surface area contributed by atoms with Gasteiger partial charge in [-0.15, -0.1) is 0 Å². The van der Waals surface area contributed by atoms with Crippen LogP contribution in [0.2, 0.25) is 5.02 Å². The fourth-order valence-electron chi connectivity index (χ4n) is 3.16. The van der Waals surface area contributed by atoms with Gasteiger partial charge in [-0.3, -0.25) is 14.5 Å². The van der Waals surface area contributed by atoms with Gasteiger partial charge in [0.15, 0.2) is 0 Å². The number of benzene rings is 2. The van der Waals surface area contributed by atoms with Gasteiger partial charge < -0.3 is 14.8 Å². The topological polar surface area (TPSA) is 67.9 Å². The quantitative estimate of drug-likeness (QED) is 0.477. The van der Waals surface area contributed by atoms with Crippen molar-refractivity contribution in [1.29, 1.82) is 0 Å². The van der Waals surface area contributed by atoms with Crippen molar-refractivity contribution in [2.24, 2.45) is 0 Å². The average Bonchev–Trinajstić information content (AvgIpc) is 2.96. The summed E-state index contributed by atoms with van der Waals surface area (Å²) in [6.45, 7) is 3.08. The molecule has 0 saturated carbocycles. The Morgan fingerprint density at radius 2 is 1.83 bits per heavy atom. The summed E-state index contributed by atoms with van der Waals surface area (Å²) < 4.78 is 24.0. The van der Waals surface area contributed by atoms with E-state index in [1.165, 1.54) is 31.4 Å². The van der Waals surface area contributed by atoms with Crippen LogP contribution in [0.15, 0.2) is 48.2 Å². The minimum Gasteiger partial charge on any atom is -0.495 e. The second kappa shape index (κ2) is 9.73. The summed E-state index contributed by atoms with van der Waals surface area (Å²) in [7, 11) is 1.49. The average molecular weight is 433 g/mol. The SMILES string of the molecule is CCOCCCN1C(=O)C(Nc2cc(Cl)ccc2OC)=C(c2ccc(F)cc2)C1=O. The Labute approximate surface area is 179 Å². The van der Waals surface area contributed by atoms with Gasteiger partial charge in [0, 0.05) is 24.8 Å². The number of amides is 2. The summed E-state index contributed by atoms with van der Waals surface area (Å²) >= 11 is 6.09. The van der Waals surface area contributed by atoms with Crippen molar-refractivity contribution in [3.8, 4) is 5.75 Å². The molecule has 0 bridgehead atoms. The molecule has 0 aromatic heterocycles. The minimum atomic E-state index is -0.474. The zero-order valence-electron chi connectivity index (χ0n) is 16.7. The van der Waals surface area contributed by atoms with Crippen LogP contribution in [0.3, 0.4) is 0 Å². The van der Waals surface area contributed by atoms with Crippen LogP contribution in [0.5, 0.6) is 5.75 Å². The molecule has 6 nitrogen and oxygen atoms in total. The number of hydrogen-bond acceptors (Lipinski definition) is 5. The van der Waals surface area contributed by atoms with Crippen LogP contribution < -0.4 is 10.1 Å². The molecule has 3 rings (SSSR count). The number of methoxy groups -OCH3 is 1. The highest BCUT2D eigenvalue weighted by molar-refractivity contribution is 6.36. The summed E-state index contributed by atoms with van der Waals surface area (Å²) in [6.07, 6.45) is 0.510. The van der Waals surface area contributed by atoms with Gasteiger partial charge in [0.2, 0.25) is 0 Å². The molecule has 0 unspecified atom stereocenters. The molecule has 0 spiro atoms. The third-order valence-corrected chi connectivity index (χ3v) is 4.83. The number of rotatable bonds is 9. The zero-order valence-corrected chi connectivity index (χ0v) is 17.5. The first-order valence-electron chi connectivity index (χ1n) is 9.51. The molecule has 30 heavy (non-hydrogen) atoms. The number of halogens is 2. The summed E-state index contributed by atoms with van der Waals surface area (Å²) in [5.41, 5.74) is 1.13. The highest BCUT2D eigenvalue weighted by Gasteiger charge is 2.39. The predicted octanol–water partition coefficient (Wildman–Crippen LogP) is 4.11. The summed E-state index contributed by atoms with van der Waals surface area (Å²) in [4.78, 5) is 27.4. The van der Waals surface area contributed by atoms with E-state index in [0.29, 0.717) is 41.7 Å². The maximum atomic E-state index is 13.4. The molecule has 0 fully saturated rings. The molecule has 8 heteroatoms. The van der Waals surface area contributed by atoms with Crippen LogP contribution in [0.25, 0.3) is 5.57 Å². The first-order valence-corrected chi connectivity index (χ1v) is 9.88. The van der Waals surface area contributed by atoms with Crippen molar-refractivity contribution in [2.45, 2.75) is 13.3 Å². The van der Waals surface area contributed by atoms with Crippen LogP contribution >= 0.6 is 11.6 Å². The molecule has 0 saturated heterocycles. The standard InChI is InChI=1S/C22H22ClFN2O4/c1-3-30-12-4-11-26-21(27)19(14-5-8-16(24)9-6-14)20(22(26)28)25-17-13-15(23)7-10-18(17)29-2/h5-10,13,25H,3-4,11-12H2,1-2H3. The van der Waals surface area contributed by atoms with Crippen LogP contribution in [0.4, 0.5) is 10.1 Å². The Kier molecular flexibility index (Phi) is 7.07. The second-order valence-corrected chi connectivity index (χ2v) is 6.98. The third kappa shape index (κ3) is 4.63. The monoisotopic (exact) mass is 432 g/mol. The first kappa shape index (κ1) is 21.8. The Balaban J connectivity index is 1.99. The lowest BCUT2D eigenvalue weighted by Crippen LogP contribution is -2.34. The van der Waals surface area contributed by atoms with Crippen molar-refractivity contribution in [3.05, 3.63) is 64.6 Å². The van der Waals surface area contributed by atoms with Gasteiger partial charge in [-0.05, 0) is 49.2 Å². The molecule has 0 radical (unpaired) electrons. The molecule has 0 atom stereocenters. The fraction of sp³-hybridized carbons (Fsp3) is 0.273. The summed E-state index contributed by atoms with van der Waals surface area (Å²) in [5.74, 6) is -0.902. The number of ether oxygens (including phenoxy) is 2. The van der Waals surface area contributed by atoms with Crippen LogP contribution in [0, 0.1) is 5.82 Å². The number of hydrogen-bond donors (Lipinski definition) is 1. The van der Waals surface area contributed by atoms with E-state index in [1.54, 1.807) is 18.2 Å². The molecule has 2 aromatic carbocycles. The van der Waals surface area contributed by atoms with E-state index in [1.807, 2.05) is 6.92 Å². The van der Waals surface area contributed by atoms with E-state index in [9.17, 15) is 14.0 Å². The lowest BCUT2D eigenvalue weighted by atomic mass is 10.0. The predicted molar refractivity (Wildman–Crippen MR) is 113 cm³/mol. The van der Waals surface area contributed by atoms with Gasteiger partial charge in [-0.25, -0.2) is 4.39 Å². The first-order chi connectivity index (χ1) is 14.5. The molecule has 2 amide bonds. The molecule has 1 aliphatic rings. The largest absolute Gasteiger partial charge is 0.495 e. The number of imide groups is 1. The maximum Gasteiger partial charge on any atom is 0.278 e. The highest BCUT2D eigenvalue weighted by atomic mass is 35.5. The lowest BCUT2D eigenvalue weighted by molar-refractivity contribution is -0.137. The Morgan fingerprint density at radius 1 is 1.10 bits per heavy atom. The van der Waals surface area contributed by atoms with Gasteiger partial charge in [0.05, 0.1) is 18.4 Å². The van der Waals surface area contributed by atoms with Gasteiger partial charge in [0.1, 0.15) is 17.3 Å². The van der Waals surface area contributed by atoms with E-state index >= 15 is 0 Å². The molecule has 1 aliphatic heterocycles. The molecule has 1 N–H and O–H groups in total. The van der Waals surface area contributed by atoms with Crippen molar-refractivity contribution >= 4 is 34.7 Å². The van der Waals surface area contributed by atoms with E-state index in [2.05, 4.69) is 5.32 Å².